The Morgan fingerprint density at radius 2 is 2.07 bits per heavy atom. The number of phenolic OH excluding ortho intramolecular Hbond substituents is 1. The zero-order valence-electron chi connectivity index (χ0n) is 15.4. The number of halogens is 1. The maximum atomic E-state index is 12.7. The Morgan fingerprint density at radius 1 is 1.27 bits per heavy atom. The number of carbonyl (C=O) groups excluding carboxylic acids is 2. The second-order valence-electron chi connectivity index (χ2n) is 6.41. The number of thiocarbonyl (C=S) groups is 1. The maximum absolute atomic E-state index is 12.7. The molecule has 2 N–H and O–H groups in total. The number of benzene rings is 2. The summed E-state index contributed by atoms with van der Waals surface area (Å²) in [6.07, 6.45) is 1.74. The van der Waals surface area contributed by atoms with Gasteiger partial charge in [0.25, 0.3) is 5.91 Å². The molecule has 0 unspecified atom stereocenters. The van der Waals surface area contributed by atoms with E-state index in [2.05, 4.69) is 5.32 Å². The Bertz CT molecular complexity index is 1090. The lowest BCUT2D eigenvalue weighted by Crippen LogP contribution is -2.31. The number of anilines is 1. The molecular formula is C20H15ClN2O5S2. The van der Waals surface area contributed by atoms with E-state index in [9.17, 15) is 14.7 Å². The average molecular weight is 463 g/mol. The molecule has 0 radical (unpaired) electrons. The number of hydrogen-bond donors (Lipinski definition) is 2. The van der Waals surface area contributed by atoms with Gasteiger partial charge in [-0.3, -0.25) is 14.5 Å². The lowest BCUT2D eigenvalue weighted by Gasteiger charge is -2.14. The second kappa shape index (κ2) is 8.55. The molecule has 10 heteroatoms. The van der Waals surface area contributed by atoms with Gasteiger partial charge < -0.3 is 19.9 Å². The number of thioether (sulfide) groups is 1. The SMILES string of the molecule is O=C(CCN1C(=O)/C(=C\c2ccc3c(c2)OCO3)SC1=S)Nc1cc(Cl)ccc1O. The van der Waals surface area contributed by atoms with Crippen molar-refractivity contribution in [2.45, 2.75) is 6.42 Å². The lowest BCUT2D eigenvalue weighted by molar-refractivity contribution is -0.122. The van der Waals surface area contributed by atoms with Crippen molar-refractivity contribution >= 4 is 63.5 Å². The van der Waals surface area contributed by atoms with E-state index < -0.39 is 0 Å². The molecule has 2 heterocycles. The van der Waals surface area contributed by atoms with Crippen LogP contribution in [0.1, 0.15) is 12.0 Å². The van der Waals surface area contributed by atoms with Gasteiger partial charge in [0.15, 0.2) is 11.5 Å². The first-order valence-corrected chi connectivity index (χ1v) is 10.4. The van der Waals surface area contributed by atoms with Gasteiger partial charge in [-0.05, 0) is 42.0 Å². The average Bonchev–Trinajstić information content (AvgIpc) is 3.27. The summed E-state index contributed by atoms with van der Waals surface area (Å²) in [6, 6.07) is 9.75. The molecule has 2 aliphatic rings. The van der Waals surface area contributed by atoms with Crippen molar-refractivity contribution in [1.82, 2.24) is 4.90 Å². The van der Waals surface area contributed by atoms with E-state index in [1.165, 1.54) is 34.9 Å². The standard InChI is InChI=1S/C20H15ClN2O5S2/c21-12-2-3-14(24)13(9-12)22-18(25)5-6-23-19(26)17(30-20(23)29)8-11-1-4-15-16(7-11)28-10-27-15/h1-4,7-9,24H,5-6,10H2,(H,22,25)/b17-8+. The van der Waals surface area contributed by atoms with Crippen LogP contribution in [0.15, 0.2) is 41.3 Å². The van der Waals surface area contributed by atoms with Gasteiger partial charge in [-0.1, -0.05) is 41.6 Å². The van der Waals surface area contributed by atoms with Crippen molar-refractivity contribution in [2.24, 2.45) is 0 Å². The van der Waals surface area contributed by atoms with Gasteiger partial charge in [-0.15, -0.1) is 0 Å². The minimum absolute atomic E-state index is 0.00962. The molecule has 0 aromatic heterocycles. The number of phenols is 1. The quantitative estimate of drug-likeness (QED) is 0.394. The number of nitrogens with one attached hydrogen (secondary N) is 1. The maximum Gasteiger partial charge on any atom is 0.266 e. The fourth-order valence-corrected chi connectivity index (χ4v) is 4.36. The van der Waals surface area contributed by atoms with Crippen LogP contribution in [0.2, 0.25) is 5.02 Å². The Balaban J connectivity index is 1.39. The monoisotopic (exact) mass is 462 g/mol. The first kappa shape index (κ1) is 20.5. The van der Waals surface area contributed by atoms with Gasteiger partial charge in [-0.25, -0.2) is 0 Å². The van der Waals surface area contributed by atoms with E-state index in [0.29, 0.717) is 25.7 Å². The van der Waals surface area contributed by atoms with Gasteiger partial charge in [0, 0.05) is 18.0 Å². The number of carbonyl (C=O) groups is 2. The van der Waals surface area contributed by atoms with Crippen LogP contribution in [-0.4, -0.2) is 39.5 Å². The highest BCUT2D eigenvalue weighted by molar-refractivity contribution is 8.26. The van der Waals surface area contributed by atoms with Crippen molar-refractivity contribution in [3.63, 3.8) is 0 Å². The third-order valence-electron chi connectivity index (χ3n) is 4.36. The highest BCUT2D eigenvalue weighted by Gasteiger charge is 2.32. The summed E-state index contributed by atoms with van der Waals surface area (Å²) in [5.41, 5.74) is 0.995. The summed E-state index contributed by atoms with van der Waals surface area (Å²) in [6.45, 7) is 0.298. The smallest absolute Gasteiger partial charge is 0.266 e. The van der Waals surface area contributed by atoms with Crippen LogP contribution < -0.4 is 14.8 Å². The van der Waals surface area contributed by atoms with Gasteiger partial charge in [0.2, 0.25) is 12.7 Å². The molecule has 2 aromatic rings. The first-order valence-electron chi connectivity index (χ1n) is 8.84. The van der Waals surface area contributed by atoms with Crippen molar-refractivity contribution < 1.29 is 24.2 Å². The highest BCUT2D eigenvalue weighted by Crippen LogP contribution is 2.36. The summed E-state index contributed by atoms with van der Waals surface area (Å²) in [4.78, 5) is 26.8. The minimum Gasteiger partial charge on any atom is -0.506 e. The van der Waals surface area contributed by atoms with Crippen LogP contribution in [0.3, 0.4) is 0 Å². The number of hydrogen-bond acceptors (Lipinski definition) is 7. The van der Waals surface area contributed by atoms with Crippen molar-refractivity contribution in [3.8, 4) is 17.2 Å². The van der Waals surface area contributed by atoms with Crippen LogP contribution in [0.25, 0.3) is 6.08 Å². The Morgan fingerprint density at radius 3 is 2.90 bits per heavy atom. The molecule has 1 saturated heterocycles. The summed E-state index contributed by atoms with van der Waals surface area (Å²) in [5, 5.41) is 12.8. The summed E-state index contributed by atoms with van der Waals surface area (Å²) < 4.78 is 11.0. The third-order valence-corrected chi connectivity index (χ3v) is 5.98. The molecule has 1 fully saturated rings. The Labute approximate surface area is 186 Å². The first-order chi connectivity index (χ1) is 14.4. The molecule has 0 saturated carbocycles. The van der Waals surface area contributed by atoms with Crippen LogP contribution in [0.5, 0.6) is 17.2 Å². The van der Waals surface area contributed by atoms with E-state index >= 15 is 0 Å². The van der Waals surface area contributed by atoms with Gasteiger partial charge >= 0.3 is 0 Å². The molecule has 0 bridgehead atoms. The molecule has 30 heavy (non-hydrogen) atoms. The number of amides is 2. The lowest BCUT2D eigenvalue weighted by atomic mass is 10.2. The van der Waals surface area contributed by atoms with Crippen LogP contribution >= 0.6 is 35.6 Å². The van der Waals surface area contributed by atoms with E-state index in [-0.39, 0.29) is 43.0 Å². The van der Waals surface area contributed by atoms with E-state index in [4.69, 9.17) is 33.3 Å². The molecular weight excluding hydrogens is 448 g/mol. The number of nitrogens with zero attached hydrogens (tertiary/aromatic N) is 1. The molecule has 0 atom stereocenters. The van der Waals surface area contributed by atoms with Crippen LogP contribution in [0, 0.1) is 0 Å². The van der Waals surface area contributed by atoms with E-state index in [1.54, 1.807) is 18.2 Å². The van der Waals surface area contributed by atoms with Crippen molar-refractivity contribution in [3.05, 3.63) is 51.9 Å². The molecule has 2 aromatic carbocycles. The molecule has 4 rings (SSSR count). The number of aromatic hydroxyl groups is 1. The normalized spacial score (nSPS) is 16.4. The van der Waals surface area contributed by atoms with E-state index in [1.807, 2.05) is 6.07 Å². The second-order valence-corrected chi connectivity index (χ2v) is 8.52. The Hall–Kier alpha value is -2.75. The number of ether oxygens (including phenoxy) is 2. The highest BCUT2D eigenvalue weighted by atomic mass is 35.5. The predicted molar refractivity (Wildman–Crippen MR) is 119 cm³/mol. The topological polar surface area (TPSA) is 88.1 Å². The fraction of sp³-hybridized carbons (Fsp3) is 0.150. The summed E-state index contributed by atoms with van der Waals surface area (Å²) >= 11 is 12.4. The molecule has 2 amide bonds. The van der Waals surface area contributed by atoms with Crippen LogP contribution in [-0.2, 0) is 9.59 Å². The van der Waals surface area contributed by atoms with Crippen molar-refractivity contribution in [2.75, 3.05) is 18.7 Å². The van der Waals surface area contributed by atoms with Gasteiger partial charge in [-0.2, -0.15) is 0 Å². The molecule has 0 spiro atoms. The summed E-state index contributed by atoms with van der Waals surface area (Å²) in [5.74, 6) is 0.559. The largest absolute Gasteiger partial charge is 0.506 e. The van der Waals surface area contributed by atoms with E-state index in [0.717, 1.165) is 5.56 Å². The third kappa shape index (κ3) is 4.38. The van der Waals surface area contributed by atoms with Gasteiger partial charge in [0.1, 0.15) is 10.1 Å². The molecule has 2 aliphatic heterocycles. The molecule has 0 aliphatic carbocycles. The van der Waals surface area contributed by atoms with Crippen LogP contribution in [0.4, 0.5) is 5.69 Å². The molecule has 7 nitrogen and oxygen atoms in total. The van der Waals surface area contributed by atoms with Gasteiger partial charge in [0.05, 0.1) is 10.6 Å². The Kier molecular flexibility index (Phi) is 5.85. The zero-order chi connectivity index (χ0) is 21.3. The number of fused-ring (bicyclic) bond motifs is 1. The number of rotatable bonds is 5. The zero-order valence-corrected chi connectivity index (χ0v) is 17.8. The minimum atomic E-state index is -0.374. The predicted octanol–water partition coefficient (Wildman–Crippen LogP) is 4.00. The summed E-state index contributed by atoms with van der Waals surface area (Å²) in [7, 11) is 0. The van der Waals surface area contributed by atoms with Crippen molar-refractivity contribution in [1.29, 1.82) is 0 Å². The molecule has 154 valence electrons. The fourth-order valence-electron chi connectivity index (χ4n) is 2.88.